The minimum Gasteiger partial charge on any atom is -0.462 e. The van der Waals surface area contributed by atoms with Gasteiger partial charge in [0.15, 0.2) is 0 Å². The van der Waals surface area contributed by atoms with Crippen LogP contribution in [0.3, 0.4) is 0 Å². The van der Waals surface area contributed by atoms with Crippen LogP contribution in [-0.2, 0) is 11.3 Å². The highest BCUT2D eigenvalue weighted by Crippen LogP contribution is 2.32. The van der Waals surface area contributed by atoms with Crippen molar-refractivity contribution >= 4 is 31.9 Å². The maximum absolute atomic E-state index is 5.90. The fourth-order valence-corrected chi connectivity index (χ4v) is 3.43. The minimum absolute atomic E-state index is 0.0260. The molecule has 0 fully saturated rings. The van der Waals surface area contributed by atoms with Crippen LogP contribution >= 0.6 is 31.9 Å². The van der Waals surface area contributed by atoms with E-state index in [4.69, 9.17) is 9.15 Å². The molecule has 21 heavy (non-hydrogen) atoms. The van der Waals surface area contributed by atoms with E-state index >= 15 is 0 Å². The first-order chi connectivity index (χ1) is 10.2. The Morgan fingerprint density at radius 1 is 1.24 bits per heavy atom. The molecule has 0 amide bonds. The molecule has 3 nitrogen and oxygen atoms in total. The summed E-state index contributed by atoms with van der Waals surface area (Å²) in [4.78, 5) is 0. The first-order valence-corrected chi connectivity index (χ1v) is 8.50. The summed E-state index contributed by atoms with van der Waals surface area (Å²) >= 11 is 7.13. The fourth-order valence-electron chi connectivity index (χ4n) is 2.16. The molecule has 1 unspecified atom stereocenters. The van der Waals surface area contributed by atoms with Crippen molar-refractivity contribution in [2.24, 2.45) is 0 Å². The van der Waals surface area contributed by atoms with Gasteiger partial charge in [-0.1, -0.05) is 44.8 Å². The molecule has 0 bridgehead atoms. The van der Waals surface area contributed by atoms with E-state index in [1.54, 1.807) is 7.11 Å². The second kappa shape index (κ2) is 8.13. The van der Waals surface area contributed by atoms with Gasteiger partial charge in [0.05, 0.1) is 6.04 Å². The van der Waals surface area contributed by atoms with Crippen molar-refractivity contribution in [1.82, 2.24) is 5.32 Å². The molecule has 0 saturated heterocycles. The monoisotopic (exact) mass is 415 g/mol. The third-order valence-corrected chi connectivity index (χ3v) is 4.31. The van der Waals surface area contributed by atoms with Gasteiger partial charge in [0.1, 0.15) is 18.1 Å². The summed E-state index contributed by atoms with van der Waals surface area (Å²) in [6, 6.07) is 10.2. The van der Waals surface area contributed by atoms with Gasteiger partial charge in [0.25, 0.3) is 0 Å². The highest BCUT2D eigenvalue weighted by molar-refractivity contribution is 9.11. The predicted molar refractivity (Wildman–Crippen MR) is 91.4 cm³/mol. The van der Waals surface area contributed by atoms with Gasteiger partial charge in [-0.3, -0.25) is 0 Å². The van der Waals surface area contributed by atoms with Crippen molar-refractivity contribution in [2.45, 2.75) is 26.0 Å². The molecule has 5 heteroatoms. The Balaban J connectivity index is 2.32. The van der Waals surface area contributed by atoms with E-state index < -0.39 is 0 Å². The molecule has 0 saturated carbocycles. The van der Waals surface area contributed by atoms with E-state index in [1.165, 1.54) is 0 Å². The van der Waals surface area contributed by atoms with Crippen LogP contribution in [0.4, 0.5) is 0 Å². The SMILES string of the molecule is CCCNC(c1ccc(COC)o1)c1ccc(Br)cc1Br. The van der Waals surface area contributed by atoms with Gasteiger partial charge in [0, 0.05) is 16.1 Å². The number of rotatable bonds is 7. The number of nitrogens with one attached hydrogen (secondary N) is 1. The standard InChI is InChI=1S/C16H19Br2NO2/c1-3-8-19-16(13-6-4-11(17)9-14(13)18)15-7-5-12(21-15)10-20-2/h4-7,9,16,19H,3,8,10H2,1-2H3. The zero-order valence-corrected chi connectivity index (χ0v) is 15.3. The predicted octanol–water partition coefficient (Wildman–Crippen LogP) is 5.04. The molecule has 1 heterocycles. The van der Waals surface area contributed by atoms with Crippen LogP contribution in [-0.4, -0.2) is 13.7 Å². The van der Waals surface area contributed by atoms with E-state index in [-0.39, 0.29) is 6.04 Å². The molecule has 1 aromatic carbocycles. The number of benzene rings is 1. The van der Waals surface area contributed by atoms with Crippen LogP contribution in [0.15, 0.2) is 43.7 Å². The Labute approximate surface area is 142 Å². The van der Waals surface area contributed by atoms with Gasteiger partial charge in [-0.15, -0.1) is 0 Å². The average Bonchev–Trinajstić information content (AvgIpc) is 2.90. The van der Waals surface area contributed by atoms with Crippen molar-refractivity contribution in [3.63, 3.8) is 0 Å². The van der Waals surface area contributed by atoms with Crippen LogP contribution in [0.2, 0.25) is 0 Å². The lowest BCUT2D eigenvalue weighted by Crippen LogP contribution is -2.23. The summed E-state index contributed by atoms with van der Waals surface area (Å²) in [5.74, 6) is 1.74. The largest absolute Gasteiger partial charge is 0.462 e. The van der Waals surface area contributed by atoms with E-state index in [0.29, 0.717) is 6.61 Å². The van der Waals surface area contributed by atoms with Gasteiger partial charge in [-0.05, 0) is 42.8 Å². The number of ether oxygens (including phenoxy) is 1. The lowest BCUT2D eigenvalue weighted by atomic mass is 10.0. The molecule has 2 rings (SSSR count). The molecule has 0 radical (unpaired) electrons. The van der Waals surface area contributed by atoms with Crippen molar-refractivity contribution in [1.29, 1.82) is 0 Å². The van der Waals surface area contributed by atoms with Crippen molar-refractivity contribution in [2.75, 3.05) is 13.7 Å². The van der Waals surface area contributed by atoms with Crippen LogP contribution in [0, 0.1) is 0 Å². The van der Waals surface area contributed by atoms with Crippen molar-refractivity contribution in [3.8, 4) is 0 Å². The van der Waals surface area contributed by atoms with Crippen molar-refractivity contribution < 1.29 is 9.15 Å². The first-order valence-electron chi connectivity index (χ1n) is 6.91. The van der Waals surface area contributed by atoms with Crippen LogP contribution in [0.5, 0.6) is 0 Å². The van der Waals surface area contributed by atoms with E-state index in [0.717, 1.165) is 39.0 Å². The van der Waals surface area contributed by atoms with Crippen molar-refractivity contribution in [3.05, 3.63) is 56.4 Å². The Morgan fingerprint density at radius 3 is 2.71 bits per heavy atom. The topological polar surface area (TPSA) is 34.4 Å². The van der Waals surface area contributed by atoms with E-state index in [1.807, 2.05) is 18.2 Å². The van der Waals surface area contributed by atoms with E-state index in [2.05, 4.69) is 56.2 Å². The smallest absolute Gasteiger partial charge is 0.129 e. The molecule has 114 valence electrons. The van der Waals surface area contributed by atoms with Crippen LogP contribution < -0.4 is 5.32 Å². The lowest BCUT2D eigenvalue weighted by molar-refractivity contribution is 0.162. The first kappa shape index (κ1) is 16.7. The molecule has 0 aliphatic carbocycles. The Hall–Kier alpha value is -0.620. The third-order valence-electron chi connectivity index (χ3n) is 3.13. The summed E-state index contributed by atoms with van der Waals surface area (Å²) in [7, 11) is 1.67. The van der Waals surface area contributed by atoms with Gasteiger partial charge < -0.3 is 14.5 Å². The highest BCUT2D eigenvalue weighted by Gasteiger charge is 2.20. The molecule has 1 N–H and O–H groups in total. The summed E-state index contributed by atoms with van der Waals surface area (Å²) in [5.41, 5.74) is 1.16. The molecule has 0 aliphatic rings. The minimum atomic E-state index is 0.0260. The Bertz CT molecular complexity index is 583. The van der Waals surface area contributed by atoms with Gasteiger partial charge >= 0.3 is 0 Å². The third kappa shape index (κ3) is 4.42. The molecule has 1 atom stereocenters. The molecule has 1 aromatic heterocycles. The summed E-state index contributed by atoms with van der Waals surface area (Å²) in [6.07, 6.45) is 1.07. The van der Waals surface area contributed by atoms with Gasteiger partial charge in [-0.2, -0.15) is 0 Å². The molecule has 0 aliphatic heterocycles. The molecular formula is C16H19Br2NO2. The molecular weight excluding hydrogens is 398 g/mol. The Morgan fingerprint density at radius 2 is 2.05 bits per heavy atom. The summed E-state index contributed by atoms with van der Waals surface area (Å²) in [6.45, 7) is 3.56. The lowest BCUT2D eigenvalue weighted by Gasteiger charge is -2.18. The number of methoxy groups -OCH3 is 1. The zero-order chi connectivity index (χ0) is 15.2. The fraction of sp³-hybridized carbons (Fsp3) is 0.375. The number of hydrogen-bond donors (Lipinski definition) is 1. The maximum atomic E-state index is 5.90. The van der Waals surface area contributed by atoms with Crippen LogP contribution in [0.25, 0.3) is 0 Å². The summed E-state index contributed by atoms with van der Waals surface area (Å²) in [5, 5.41) is 3.54. The highest BCUT2D eigenvalue weighted by atomic mass is 79.9. The molecule has 0 spiro atoms. The van der Waals surface area contributed by atoms with Gasteiger partial charge in [0.2, 0.25) is 0 Å². The maximum Gasteiger partial charge on any atom is 0.129 e. The number of furan rings is 1. The normalized spacial score (nSPS) is 12.6. The molecule has 2 aromatic rings. The summed E-state index contributed by atoms with van der Waals surface area (Å²) < 4.78 is 13.1. The van der Waals surface area contributed by atoms with Gasteiger partial charge in [-0.25, -0.2) is 0 Å². The van der Waals surface area contributed by atoms with E-state index in [9.17, 15) is 0 Å². The van der Waals surface area contributed by atoms with Crippen LogP contribution in [0.1, 0.15) is 36.5 Å². The Kier molecular flexibility index (Phi) is 6.48. The second-order valence-electron chi connectivity index (χ2n) is 4.79. The quantitative estimate of drug-likeness (QED) is 0.686. The average molecular weight is 417 g/mol. The second-order valence-corrected chi connectivity index (χ2v) is 6.56. The number of hydrogen-bond acceptors (Lipinski definition) is 3. The number of halogens is 2. The zero-order valence-electron chi connectivity index (χ0n) is 12.2.